The third kappa shape index (κ3) is 3.82. The van der Waals surface area contributed by atoms with Crippen LogP contribution in [-0.4, -0.2) is 24.5 Å². The van der Waals surface area contributed by atoms with Gasteiger partial charge in [-0.3, -0.25) is 4.79 Å². The summed E-state index contributed by atoms with van der Waals surface area (Å²) in [5, 5.41) is 2.83. The van der Waals surface area contributed by atoms with Crippen molar-refractivity contribution >= 4 is 5.91 Å². The van der Waals surface area contributed by atoms with Crippen molar-refractivity contribution in [2.45, 2.75) is 31.3 Å². The van der Waals surface area contributed by atoms with Gasteiger partial charge in [0.25, 0.3) is 0 Å². The van der Waals surface area contributed by atoms with Crippen LogP contribution in [0.25, 0.3) is 0 Å². The second-order valence-corrected chi connectivity index (χ2v) is 5.04. The van der Waals surface area contributed by atoms with Crippen LogP contribution in [0.4, 0.5) is 0 Å². The number of benzene rings is 1. The van der Waals surface area contributed by atoms with E-state index in [1.165, 1.54) is 12.8 Å². The fourth-order valence-corrected chi connectivity index (χ4v) is 2.00. The molecule has 0 aromatic heterocycles. The molecule has 1 aromatic carbocycles. The van der Waals surface area contributed by atoms with Gasteiger partial charge in [-0.1, -0.05) is 30.3 Å². The second kappa shape index (κ2) is 5.98. The first-order valence-electron chi connectivity index (χ1n) is 6.49. The van der Waals surface area contributed by atoms with Crippen LogP contribution in [0.1, 0.15) is 18.4 Å². The van der Waals surface area contributed by atoms with Crippen LogP contribution < -0.4 is 16.8 Å². The molecule has 1 aliphatic carbocycles. The first kappa shape index (κ1) is 13.1. The van der Waals surface area contributed by atoms with E-state index in [2.05, 4.69) is 5.32 Å². The molecule has 2 rings (SSSR count). The predicted octanol–water partition coefficient (Wildman–Crippen LogP) is 0.410. The molecular formula is C14H21N3O. The summed E-state index contributed by atoms with van der Waals surface area (Å²) in [5.74, 6) is 0.477. The summed E-state index contributed by atoms with van der Waals surface area (Å²) in [6.07, 6.45) is 2.94. The fraction of sp³-hybridized carbons (Fsp3) is 0.500. The normalized spacial score (nSPS) is 18.1. The van der Waals surface area contributed by atoms with Crippen molar-refractivity contribution in [3.8, 4) is 0 Å². The Balaban J connectivity index is 1.74. The minimum atomic E-state index is -0.501. The van der Waals surface area contributed by atoms with Crippen LogP contribution in [0.2, 0.25) is 0 Å². The highest BCUT2D eigenvalue weighted by atomic mass is 16.2. The highest BCUT2D eigenvalue weighted by Crippen LogP contribution is 2.31. The monoisotopic (exact) mass is 247 g/mol. The van der Waals surface area contributed by atoms with E-state index in [1.54, 1.807) is 0 Å². The SMILES string of the molecule is NC(CNC(=O)[C@@H](N)Cc1ccccc1)C1CC1. The number of carbonyl (C=O) groups is 1. The summed E-state index contributed by atoms with van der Waals surface area (Å²) in [6, 6.07) is 9.37. The van der Waals surface area contributed by atoms with Crippen LogP contribution in [0.5, 0.6) is 0 Å². The molecule has 1 unspecified atom stereocenters. The largest absolute Gasteiger partial charge is 0.353 e. The van der Waals surface area contributed by atoms with Gasteiger partial charge in [0.05, 0.1) is 6.04 Å². The first-order chi connectivity index (χ1) is 8.66. The average Bonchev–Trinajstić information content (AvgIpc) is 3.21. The summed E-state index contributed by atoms with van der Waals surface area (Å²) >= 11 is 0. The first-order valence-corrected chi connectivity index (χ1v) is 6.49. The number of rotatable bonds is 6. The number of carbonyl (C=O) groups excluding carboxylic acids is 1. The van der Waals surface area contributed by atoms with Gasteiger partial charge in [0.15, 0.2) is 0 Å². The van der Waals surface area contributed by atoms with Crippen molar-refractivity contribution in [3.63, 3.8) is 0 Å². The molecule has 4 heteroatoms. The van der Waals surface area contributed by atoms with E-state index in [9.17, 15) is 4.79 Å². The highest BCUT2D eigenvalue weighted by Gasteiger charge is 2.28. The third-order valence-electron chi connectivity index (χ3n) is 3.37. The Bertz CT molecular complexity index is 389. The predicted molar refractivity (Wildman–Crippen MR) is 71.8 cm³/mol. The molecule has 0 aliphatic heterocycles. The molecule has 0 radical (unpaired) electrons. The number of hydrogen-bond acceptors (Lipinski definition) is 3. The van der Waals surface area contributed by atoms with E-state index in [4.69, 9.17) is 11.5 Å². The number of nitrogens with one attached hydrogen (secondary N) is 1. The second-order valence-electron chi connectivity index (χ2n) is 5.04. The Hall–Kier alpha value is -1.39. The lowest BCUT2D eigenvalue weighted by molar-refractivity contribution is -0.122. The molecular weight excluding hydrogens is 226 g/mol. The van der Waals surface area contributed by atoms with Crippen molar-refractivity contribution in [2.24, 2.45) is 17.4 Å². The van der Waals surface area contributed by atoms with Crippen molar-refractivity contribution in [1.29, 1.82) is 0 Å². The van der Waals surface area contributed by atoms with E-state index >= 15 is 0 Å². The van der Waals surface area contributed by atoms with Gasteiger partial charge in [-0.2, -0.15) is 0 Å². The molecule has 18 heavy (non-hydrogen) atoms. The smallest absolute Gasteiger partial charge is 0.237 e. The fourth-order valence-electron chi connectivity index (χ4n) is 2.00. The van der Waals surface area contributed by atoms with Gasteiger partial charge in [0.2, 0.25) is 5.91 Å². The molecule has 2 atom stereocenters. The Morgan fingerprint density at radius 1 is 1.28 bits per heavy atom. The third-order valence-corrected chi connectivity index (χ3v) is 3.37. The van der Waals surface area contributed by atoms with Gasteiger partial charge in [-0.05, 0) is 30.7 Å². The van der Waals surface area contributed by atoms with E-state index in [0.29, 0.717) is 18.9 Å². The maximum Gasteiger partial charge on any atom is 0.237 e. The van der Waals surface area contributed by atoms with Crippen molar-refractivity contribution < 1.29 is 4.79 Å². The molecule has 0 spiro atoms. The zero-order chi connectivity index (χ0) is 13.0. The summed E-state index contributed by atoms with van der Waals surface area (Å²) in [7, 11) is 0. The molecule has 1 saturated carbocycles. The number of hydrogen-bond donors (Lipinski definition) is 3. The van der Waals surface area contributed by atoms with Crippen LogP contribution in [-0.2, 0) is 11.2 Å². The van der Waals surface area contributed by atoms with Crippen molar-refractivity contribution in [1.82, 2.24) is 5.32 Å². The van der Waals surface area contributed by atoms with Gasteiger partial charge in [-0.15, -0.1) is 0 Å². The van der Waals surface area contributed by atoms with Gasteiger partial charge in [0.1, 0.15) is 0 Å². The van der Waals surface area contributed by atoms with Crippen LogP contribution in [0, 0.1) is 5.92 Å². The average molecular weight is 247 g/mol. The lowest BCUT2D eigenvalue weighted by Gasteiger charge is -2.15. The van der Waals surface area contributed by atoms with Crippen molar-refractivity contribution in [2.75, 3.05) is 6.54 Å². The minimum Gasteiger partial charge on any atom is -0.353 e. The maximum absolute atomic E-state index is 11.8. The van der Waals surface area contributed by atoms with Crippen LogP contribution >= 0.6 is 0 Å². The molecule has 1 fully saturated rings. The van der Waals surface area contributed by atoms with Gasteiger partial charge in [0, 0.05) is 12.6 Å². The lowest BCUT2D eigenvalue weighted by atomic mass is 10.1. The van der Waals surface area contributed by atoms with Gasteiger partial charge < -0.3 is 16.8 Å². The summed E-state index contributed by atoms with van der Waals surface area (Å²) in [5.41, 5.74) is 12.9. The van der Waals surface area contributed by atoms with E-state index in [0.717, 1.165) is 5.56 Å². The van der Waals surface area contributed by atoms with Gasteiger partial charge >= 0.3 is 0 Å². The zero-order valence-corrected chi connectivity index (χ0v) is 10.5. The molecule has 1 aliphatic rings. The topological polar surface area (TPSA) is 81.1 Å². The van der Waals surface area contributed by atoms with Gasteiger partial charge in [-0.25, -0.2) is 0 Å². The summed E-state index contributed by atoms with van der Waals surface area (Å²) < 4.78 is 0. The number of nitrogens with two attached hydrogens (primary N) is 2. The minimum absolute atomic E-state index is 0.0814. The Kier molecular flexibility index (Phi) is 4.33. The molecule has 0 heterocycles. The van der Waals surface area contributed by atoms with Crippen molar-refractivity contribution in [3.05, 3.63) is 35.9 Å². The zero-order valence-electron chi connectivity index (χ0n) is 10.5. The molecule has 98 valence electrons. The molecule has 0 bridgehead atoms. The van der Waals surface area contributed by atoms with E-state index in [1.807, 2.05) is 30.3 Å². The maximum atomic E-state index is 11.8. The Morgan fingerprint density at radius 2 is 1.94 bits per heavy atom. The highest BCUT2D eigenvalue weighted by molar-refractivity contribution is 5.81. The quantitative estimate of drug-likeness (QED) is 0.681. The standard InChI is InChI=1S/C14H21N3O/c15-12(8-10-4-2-1-3-5-10)14(18)17-9-13(16)11-6-7-11/h1-5,11-13H,6-9,15-16H2,(H,17,18)/t12-,13?/m0/s1. The van der Waals surface area contributed by atoms with E-state index in [-0.39, 0.29) is 11.9 Å². The Morgan fingerprint density at radius 3 is 2.56 bits per heavy atom. The van der Waals surface area contributed by atoms with Crippen LogP contribution in [0.3, 0.4) is 0 Å². The number of amides is 1. The molecule has 1 amide bonds. The lowest BCUT2D eigenvalue weighted by Crippen LogP contribution is -2.46. The summed E-state index contributed by atoms with van der Waals surface area (Å²) in [6.45, 7) is 0.534. The van der Waals surface area contributed by atoms with Crippen LogP contribution in [0.15, 0.2) is 30.3 Å². The summed E-state index contributed by atoms with van der Waals surface area (Å²) in [4.78, 5) is 11.8. The van der Waals surface area contributed by atoms with E-state index < -0.39 is 6.04 Å². The molecule has 1 aromatic rings. The molecule has 0 saturated heterocycles. The Labute approximate surface area is 108 Å². The molecule has 4 nitrogen and oxygen atoms in total. The molecule has 5 N–H and O–H groups in total.